The summed E-state index contributed by atoms with van der Waals surface area (Å²) in [5, 5.41) is 3.15. The van der Waals surface area contributed by atoms with Gasteiger partial charge in [-0.15, -0.1) is 0 Å². The molecule has 2 heteroatoms. The van der Waals surface area contributed by atoms with Crippen LogP contribution in [0.25, 0.3) is 0 Å². The van der Waals surface area contributed by atoms with E-state index in [9.17, 15) is 4.79 Å². The second-order valence-electron chi connectivity index (χ2n) is 6.68. The minimum absolute atomic E-state index is 0.291. The van der Waals surface area contributed by atoms with Gasteiger partial charge in [0.2, 0.25) is 5.91 Å². The Morgan fingerprint density at radius 3 is 2.81 bits per heavy atom. The van der Waals surface area contributed by atoms with Crippen LogP contribution in [0.1, 0.15) is 68.1 Å². The first-order valence-corrected chi connectivity index (χ1v) is 8.67. The molecule has 1 aromatic carbocycles. The molecule has 0 spiro atoms. The number of hydrogen-bond donors (Lipinski definition) is 1. The number of hydrogen-bond acceptors (Lipinski definition) is 1. The molecule has 1 atom stereocenters. The van der Waals surface area contributed by atoms with E-state index in [2.05, 4.69) is 30.4 Å². The number of carbonyl (C=O) groups excluding carboxylic acids is 1. The van der Waals surface area contributed by atoms with Crippen molar-refractivity contribution >= 4 is 5.91 Å². The molecule has 1 unspecified atom stereocenters. The molecule has 0 aliphatic heterocycles. The number of rotatable bonds is 5. The molecule has 1 saturated carbocycles. The highest BCUT2D eigenvalue weighted by Crippen LogP contribution is 2.34. The topological polar surface area (TPSA) is 29.1 Å². The van der Waals surface area contributed by atoms with Crippen molar-refractivity contribution in [3.05, 3.63) is 34.9 Å². The van der Waals surface area contributed by atoms with Gasteiger partial charge in [0.05, 0.1) is 0 Å². The summed E-state index contributed by atoms with van der Waals surface area (Å²) < 4.78 is 0. The Kier molecular flexibility index (Phi) is 4.62. The highest BCUT2D eigenvalue weighted by molar-refractivity contribution is 5.79. The average molecular weight is 285 g/mol. The number of carbonyl (C=O) groups is 1. The van der Waals surface area contributed by atoms with Crippen LogP contribution >= 0.6 is 0 Å². The molecule has 1 N–H and O–H groups in total. The SMILES string of the molecule is CCc1ccc2c(c1)C(CCNC(=O)C1CCC1)CCC2. The van der Waals surface area contributed by atoms with Crippen LogP contribution in [0.5, 0.6) is 0 Å². The van der Waals surface area contributed by atoms with Crippen LogP contribution in [0, 0.1) is 5.92 Å². The standard InChI is InChI=1S/C19H27NO/c1-2-14-9-10-15-5-3-6-16(18(15)13-14)11-12-20-19(21)17-7-4-8-17/h9-10,13,16-17H,2-8,11-12H2,1H3,(H,20,21). The molecule has 3 rings (SSSR count). The van der Waals surface area contributed by atoms with Gasteiger partial charge < -0.3 is 5.32 Å². The van der Waals surface area contributed by atoms with Gasteiger partial charge in [0.25, 0.3) is 0 Å². The monoisotopic (exact) mass is 285 g/mol. The lowest BCUT2D eigenvalue weighted by Crippen LogP contribution is -2.35. The third-order valence-corrected chi connectivity index (χ3v) is 5.33. The van der Waals surface area contributed by atoms with Crippen molar-refractivity contribution < 1.29 is 4.79 Å². The molecular formula is C19H27NO. The first kappa shape index (κ1) is 14.6. The summed E-state index contributed by atoms with van der Waals surface area (Å²) in [6.45, 7) is 3.06. The van der Waals surface area contributed by atoms with Gasteiger partial charge in [-0.05, 0) is 67.6 Å². The van der Waals surface area contributed by atoms with Gasteiger partial charge in [-0.3, -0.25) is 4.79 Å². The quantitative estimate of drug-likeness (QED) is 0.871. The molecule has 1 amide bonds. The average Bonchev–Trinajstić information content (AvgIpc) is 2.45. The van der Waals surface area contributed by atoms with E-state index < -0.39 is 0 Å². The number of amides is 1. The van der Waals surface area contributed by atoms with Gasteiger partial charge >= 0.3 is 0 Å². The molecule has 0 bridgehead atoms. The minimum Gasteiger partial charge on any atom is -0.356 e. The predicted molar refractivity (Wildman–Crippen MR) is 86.5 cm³/mol. The van der Waals surface area contributed by atoms with Crippen molar-refractivity contribution in [3.8, 4) is 0 Å². The number of benzene rings is 1. The third kappa shape index (κ3) is 3.30. The number of aryl methyl sites for hydroxylation is 2. The Bertz CT molecular complexity index is 504. The first-order valence-electron chi connectivity index (χ1n) is 8.67. The van der Waals surface area contributed by atoms with Crippen molar-refractivity contribution in [1.29, 1.82) is 0 Å². The molecule has 21 heavy (non-hydrogen) atoms. The summed E-state index contributed by atoms with van der Waals surface area (Å²) in [5.41, 5.74) is 4.53. The molecule has 2 aliphatic carbocycles. The highest BCUT2D eigenvalue weighted by Gasteiger charge is 2.25. The molecular weight excluding hydrogens is 258 g/mol. The summed E-state index contributed by atoms with van der Waals surface area (Å²) in [5.74, 6) is 1.25. The Morgan fingerprint density at radius 2 is 2.10 bits per heavy atom. The maximum absolute atomic E-state index is 11.9. The summed E-state index contributed by atoms with van der Waals surface area (Å²) in [4.78, 5) is 11.9. The Balaban J connectivity index is 1.58. The minimum atomic E-state index is 0.291. The fourth-order valence-corrected chi connectivity index (χ4v) is 3.65. The number of nitrogens with one attached hydrogen (secondary N) is 1. The van der Waals surface area contributed by atoms with Gasteiger partial charge in [0.1, 0.15) is 0 Å². The summed E-state index contributed by atoms with van der Waals surface area (Å²) in [7, 11) is 0. The molecule has 114 valence electrons. The van der Waals surface area contributed by atoms with Crippen molar-refractivity contribution in [3.63, 3.8) is 0 Å². The largest absolute Gasteiger partial charge is 0.356 e. The lowest BCUT2D eigenvalue weighted by Gasteiger charge is -2.27. The summed E-state index contributed by atoms with van der Waals surface area (Å²) >= 11 is 0. The second-order valence-corrected chi connectivity index (χ2v) is 6.68. The van der Waals surface area contributed by atoms with Gasteiger partial charge in [-0.2, -0.15) is 0 Å². The van der Waals surface area contributed by atoms with E-state index in [1.54, 1.807) is 5.56 Å². The summed E-state index contributed by atoms with van der Waals surface area (Å²) in [6.07, 6.45) is 9.42. The van der Waals surface area contributed by atoms with Crippen LogP contribution in [0.4, 0.5) is 0 Å². The molecule has 0 aromatic heterocycles. The lowest BCUT2D eigenvalue weighted by molar-refractivity contribution is -0.127. The molecule has 0 radical (unpaired) electrons. The van der Waals surface area contributed by atoms with Crippen molar-refractivity contribution in [2.45, 2.75) is 64.2 Å². The Morgan fingerprint density at radius 1 is 1.24 bits per heavy atom. The molecule has 2 aliphatic rings. The zero-order valence-corrected chi connectivity index (χ0v) is 13.2. The molecule has 2 nitrogen and oxygen atoms in total. The van der Waals surface area contributed by atoms with Gasteiger partial charge in [0, 0.05) is 12.5 Å². The fourth-order valence-electron chi connectivity index (χ4n) is 3.65. The van der Waals surface area contributed by atoms with Crippen LogP contribution < -0.4 is 5.32 Å². The normalized spacial score (nSPS) is 21.5. The van der Waals surface area contributed by atoms with E-state index in [4.69, 9.17) is 0 Å². The lowest BCUT2D eigenvalue weighted by atomic mass is 9.80. The van der Waals surface area contributed by atoms with E-state index in [0.29, 0.717) is 17.7 Å². The first-order chi connectivity index (χ1) is 10.3. The van der Waals surface area contributed by atoms with Crippen molar-refractivity contribution in [2.75, 3.05) is 6.54 Å². The maximum atomic E-state index is 11.9. The molecule has 0 saturated heterocycles. The van der Waals surface area contributed by atoms with Crippen molar-refractivity contribution in [2.24, 2.45) is 5.92 Å². The van der Waals surface area contributed by atoms with Crippen LogP contribution in [-0.2, 0) is 17.6 Å². The third-order valence-electron chi connectivity index (χ3n) is 5.33. The zero-order valence-electron chi connectivity index (χ0n) is 13.2. The summed E-state index contributed by atoms with van der Waals surface area (Å²) in [6, 6.07) is 7.01. The van der Waals surface area contributed by atoms with E-state index in [0.717, 1.165) is 32.2 Å². The molecule has 1 fully saturated rings. The second kappa shape index (κ2) is 6.64. The van der Waals surface area contributed by atoms with E-state index >= 15 is 0 Å². The predicted octanol–water partition coefficient (Wildman–Crippen LogP) is 3.98. The number of fused-ring (bicyclic) bond motifs is 1. The van der Waals surface area contributed by atoms with Gasteiger partial charge in [-0.25, -0.2) is 0 Å². The van der Waals surface area contributed by atoms with E-state index in [1.165, 1.54) is 36.8 Å². The van der Waals surface area contributed by atoms with Crippen molar-refractivity contribution in [1.82, 2.24) is 5.32 Å². The Labute approximate surface area is 128 Å². The fraction of sp³-hybridized carbons (Fsp3) is 0.632. The maximum Gasteiger partial charge on any atom is 0.223 e. The van der Waals surface area contributed by atoms with Crippen LogP contribution in [0.2, 0.25) is 0 Å². The zero-order chi connectivity index (χ0) is 14.7. The molecule has 0 heterocycles. The highest BCUT2D eigenvalue weighted by atomic mass is 16.1. The molecule has 1 aromatic rings. The van der Waals surface area contributed by atoms with Crippen LogP contribution in [-0.4, -0.2) is 12.5 Å². The van der Waals surface area contributed by atoms with E-state index in [1.807, 2.05) is 0 Å². The van der Waals surface area contributed by atoms with Gasteiger partial charge in [-0.1, -0.05) is 31.5 Å². The van der Waals surface area contributed by atoms with Crippen LogP contribution in [0.3, 0.4) is 0 Å². The van der Waals surface area contributed by atoms with E-state index in [-0.39, 0.29) is 0 Å². The Hall–Kier alpha value is -1.31. The van der Waals surface area contributed by atoms with Gasteiger partial charge in [0.15, 0.2) is 0 Å². The van der Waals surface area contributed by atoms with Crippen LogP contribution in [0.15, 0.2) is 18.2 Å². The smallest absolute Gasteiger partial charge is 0.223 e.